The first-order chi connectivity index (χ1) is 9.18. The van der Waals surface area contributed by atoms with Crippen molar-refractivity contribution in [3.63, 3.8) is 0 Å². The number of hydrogen-bond donors (Lipinski definition) is 2. The van der Waals surface area contributed by atoms with E-state index in [-0.39, 0.29) is 5.56 Å². The number of benzene rings is 2. The van der Waals surface area contributed by atoms with Crippen molar-refractivity contribution in [2.24, 2.45) is 0 Å². The van der Waals surface area contributed by atoms with E-state index in [0.717, 1.165) is 23.3 Å². The molecule has 1 aliphatic heterocycles. The molecular formula is C15H13F2NO. The molecule has 0 fully saturated rings. The summed E-state index contributed by atoms with van der Waals surface area (Å²) in [7, 11) is 0. The molecule has 0 saturated carbocycles. The molecule has 0 spiro atoms. The maximum Gasteiger partial charge on any atom is 0.132 e. The number of aliphatic hydroxyl groups excluding tert-OH is 1. The third kappa shape index (κ3) is 2.03. The summed E-state index contributed by atoms with van der Waals surface area (Å²) in [4.78, 5) is 0. The van der Waals surface area contributed by atoms with Gasteiger partial charge in [0, 0.05) is 6.54 Å². The minimum Gasteiger partial charge on any atom is -0.386 e. The summed E-state index contributed by atoms with van der Waals surface area (Å²) in [6.45, 7) is 0.591. The van der Waals surface area contributed by atoms with Crippen LogP contribution in [0.3, 0.4) is 0 Å². The zero-order valence-corrected chi connectivity index (χ0v) is 10.1. The molecule has 2 aromatic rings. The summed E-state index contributed by atoms with van der Waals surface area (Å²) in [5, 5.41) is 13.4. The Morgan fingerprint density at radius 3 is 2.47 bits per heavy atom. The molecule has 2 N–H and O–H groups in total. The van der Waals surface area contributed by atoms with Crippen LogP contribution < -0.4 is 5.32 Å². The first-order valence-corrected chi connectivity index (χ1v) is 6.11. The van der Waals surface area contributed by atoms with Gasteiger partial charge in [0.1, 0.15) is 17.7 Å². The molecule has 2 aromatic carbocycles. The molecule has 1 aliphatic rings. The maximum absolute atomic E-state index is 13.7. The molecule has 2 nitrogen and oxygen atoms in total. The van der Waals surface area contributed by atoms with E-state index in [1.54, 1.807) is 0 Å². The highest BCUT2D eigenvalue weighted by Crippen LogP contribution is 2.36. The Balaban J connectivity index is 2.00. The first-order valence-electron chi connectivity index (χ1n) is 6.11. The predicted molar refractivity (Wildman–Crippen MR) is 67.3 cm³/mol. The largest absolute Gasteiger partial charge is 0.386 e. The van der Waals surface area contributed by atoms with Crippen molar-refractivity contribution in [2.75, 3.05) is 0 Å². The fraction of sp³-hybridized carbons (Fsp3) is 0.200. The van der Waals surface area contributed by atoms with Gasteiger partial charge in [-0.15, -0.1) is 0 Å². The van der Waals surface area contributed by atoms with Gasteiger partial charge in [-0.1, -0.05) is 30.3 Å². The molecule has 2 atom stereocenters. The van der Waals surface area contributed by atoms with Crippen molar-refractivity contribution in [2.45, 2.75) is 18.7 Å². The van der Waals surface area contributed by atoms with Crippen LogP contribution >= 0.6 is 0 Å². The summed E-state index contributed by atoms with van der Waals surface area (Å²) in [6.07, 6.45) is -1.25. The summed E-state index contributed by atoms with van der Waals surface area (Å²) >= 11 is 0. The van der Waals surface area contributed by atoms with Gasteiger partial charge in [-0.25, -0.2) is 8.78 Å². The lowest BCUT2D eigenvalue weighted by Crippen LogP contribution is -2.22. The minimum absolute atomic E-state index is 0.281. The van der Waals surface area contributed by atoms with Gasteiger partial charge >= 0.3 is 0 Å². The van der Waals surface area contributed by atoms with E-state index in [1.807, 2.05) is 24.3 Å². The van der Waals surface area contributed by atoms with E-state index in [2.05, 4.69) is 5.32 Å². The fourth-order valence-electron chi connectivity index (χ4n) is 2.57. The van der Waals surface area contributed by atoms with Crippen molar-refractivity contribution in [3.05, 3.63) is 70.8 Å². The molecule has 3 rings (SSSR count). The van der Waals surface area contributed by atoms with Crippen LogP contribution in [0.5, 0.6) is 0 Å². The number of aliphatic hydroxyl groups is 1. The highest BCUT2D eigenvalue weighted by Gasteiger charge is 2.32. The number of halogens is 2. The highest BCUT2D eigenvalue weighted by molar-refractivity contribution is 5.37. The summed E-state index contributed by atoms with van der Waals surface area (Å²) in [5.74, 6) is -1.45. The van der Waals surface area contributed by atoms with Gasteiger partial charge in [-0.3, -0.25) is 0 Å². The van der Waals surface area contributed by atoms with E-state index in [4.69, 9.17) is 0 Å². The third-order valence-electron chi connectivity index (χ3n) is 3.51. The van der Waals surface area contributed by atoms with Crippen molar-refractivity contribution < 1.29 is 13.9 Å². The molecular weight excluding hydrogens is 248 g/mol. The van der Waals surface area contributed by atoms with E-state index in [0.29, 0.717) is 6.54 Å². The lowest BCUT2D eigenvalue weighted by Gasteiger charge is -2.21. The Bertz CT molecular complexity index is 595. The zero-order valence-electron chi connectivity index (χ0n) is 10.1. The molecule has 2 unspecified atom stereocenters. The number of hydrogen-bond acceptors (Lipinski definition) is 2. The monoisotopic (exact) mass is 261 g/mol. The number of nitrogens with one attached hydrogen (secondary N) is 1. The Morgan fingerprint density at radius 1 is 1.05 bits per heavy atom. The van der Waals surface area contributed by atoms with E-state index in [9.17, 15) is 13.9 Å². The molecule has 0 amide bonds. The van der Waals surface area contributed by atoms with Gasteiger partial charge < -0.3 is 10.4 Å². The first kappa shape index (κ1) is 12.3. The summed E-state index contributed by atoms with van der Waals surface area (Å²) in [6, 6.07) is 10.7. The van der Waals surface area contributed by atoms with E-state index < -0.39 is 23.8 Å². The smallest absolute Gasteiger partial charge is 0.132 e. The second-order valence-electron chi connectivity index (χ2n) is 4.64. The van der Waals surface area contributed by atoms with E-state index >= 15 is 0 Å². The van der Waals surface area contributed by atoms with Crippen LogP contribution in [0, 0.1) is 11.6 Å². The van der Waals surface area contributed by atoms with Crippen LogP contribution in [0.15, 0.2) is 42.5 Å². The van der Waals surface area contributed by atoms with Crippen LogP contribution in [-0.4, -0.2) is 5.11 Å². The average Bonchev–Trinajstić information content (AvgIpc) is 2.82. The van der Waals surface area contributed by atoms with Crippen LogP contribution in [0.25, 0.3) is 0 Å². The molecule has 0 saturated heterocycles. The van der Waals surface area contributed by atoms with Gasteiger partial charge in [0.2, 0.25) is 0 Å². The molecule has 19 heavy (non-hydrogen) atoms. The average molecular weight is 261 g/mol. The molecule has 4 heteroatoms. The molecule has 98 valence electrons. The Kier molecular flexibility index (Phi) is 3.05. The maximum atomic E-state index is 13.7. The molecule has 0 radical (unpaired) electrons. The van der Waals surface area contributed by atoms with Crippen LogP contribution in [-0.2, 0) is 6.54 Å². The fourth-order valence-corrected chi connectivity index (χ4v) is 2.57. The lowest BCUT2D eigenvalue weighted by atomic mass is 9.95. The Morgan fingerprint density at radius 2 is 1.74 bits per heavy atom. The highest BCUT2D eigenvalue weighted by atomic mass is 19.1. The Hall–Kier alpha value is -1.78. The van der Waals surface area contributed by atoms with Gasteiger partial charge in [0.25, 0.3) is 0 Å². The van der Waals surface area contributed by atoms with Gasteiger partial charge in [-0.2, -0.15) is 0 Å². The topological polar surface area (TPSA) is 32.3 Å². The molecule has 0 bridgehead atoms. The van der Waals surface area contributed by atoms with Gasteiger partial charge in [0.15, 0.2) is 0 Å². The molecule has 0 aliphatic carbocycles. The summed E-state index contributed by atoms with van der Waals surface area (Å²) in [5.41, 5.74) is 1.65. The summed E-state index contributed by atoms with van der Waals surface area (Å²) < 4.78 is 27.4. The third-order valence-corrected chi connectivity index (χ3v) is 3.51. The number of fused-ring (bicyclic) bond motifs is 1. The lowest BCUT2D eigenvalue weighted by molar-refractivity contribution is 0.125. The van der Waals surface area contributed by atoms with Crippen LogP contribution in [0.4, 0.5) is 8.78 Å². The van der Waals surface area contributed by atoms with Crippen molar-refractivity contribution in [1.82, 2.24) is 5.32 Å². The second kappa shape index (κ2) is 4.72. The molecule has 0 aromatic heterocycles. The zero-order chi connectivity index (χ0) is 13.4. The molecule has 1 heterocycles. The second-order valence-corrected chi connectivity index (χ2v) is 4.64. The SMILES string of the molecule is OC(c1c(F)cccc1F)C1NCc2ccccc21. The van der Waals surface area contributed by atoms with Crippen molar-refractivity contribution >= 4 is 0 Å². The minimum atomic E-state index is -1.25. The quantitative estimate of drug-likeness (QED) is 0.871. The predicted octanol–water partition coefficient (Wildman–Crippen LogP) is 2.84. The van der Waals surface area contributed by atoms with Crippen LogP contribution in [0.1, 0.15) is 28.8 Å². The number of rotatable bonds is 2. The Labute approximate surface area is 109 Å². The van der Waals surface area contributed by atoms with Gasteiger partial charge in [0.05, 0.1) is 11.6 Å². The standard InChI is InChI=1S/C15H13F2NO/c16-11-6-3-7-12(17)13(11)15(19)14-10-5-2-1-4-9(10)8-18-14/h1-7,14-15,18-19H,8H2. The van der Waals surface area contributed by atoms with Crippen molar-refractivity contribution in [1.29, 1.82) is 0 Å². The van der Waals surface area contributed by atoms with Gasteiger partial charge in [-0.05, 0) is 23.3 Å². The van der Waals surface area contributed by atoms with Crippen LogP contribution in [0.2, 0.25) is 0 Å². The van der Waals surface area contributed by atoms with Crippen molar-refractivity contribution in [3.8, 4) is 0 Å². The normalized spacial score (nSPS) is 19.2. The van der Waals surface area contributed by atoms with E-state index in [1.165, 1.54) is 6.07 Å².